The quantitative estimate of drug-likeness (QED) is 0.433. The van der Waals surface area contributed by atoms with Gasteiger partial charge in [0.15, 0.2) is 0 Å². The highest BCUT2D eigenvalue weighted by atomic mass is 16.3. The van der Waals surface area contributed by atoms with Gasteiger partial charge in [-0.1, -0.05) is 79.2 Å². The second kappa shape index (κ2) is 8.51. The van der Waals surface area contributed by atoms with Crippen molar-refractivity contribution in [2.75, 3.05) is 6.54 Å². The summed E-state index contributed by atoms with van der Waals surface area (Å²) >= 11 is 0. The summed E-state index contributed by atoms with van der Waals surface area (Å²) in [5.41, 5.74) is 2.40. The number of aliphatic hydroxyl groups excluding tert-OH is 1. The van der Waals surface area contributed by atoms with Gasteiger partial charge in [-0.2, -0.15) is 0 Å². The number of allylic oxidation sites excluding steroid dienone is 3. The van der Waals surface area contributed by atoms with E-state index in [0.717, 1.165) is 25.3 Å². The highest BCUT2D eigenvalue weighted by Gasteiger charge is 2.64. The SMILES string of the molecule is CC(C)[C@@H](C)/C=C/[C@@H](C)[C@H]1CCN[C@@]2(C)C3=CC[C@H]4C(C)(C)[C@@H](O)CC[C@]4(C)[C@H]3CC[C@]12C. The Balaban J connectivity index is 1.67. The van der Waals surface area contributed by atoms with Gasteiger partial charge in [0.25, 0.3) is 0 Å². The smallest absolute Gasteiger partial charge is 0.0594 e. The van der Waals surface area contributed by atoms with Crippen LogP contribution in [0, 0.1) is 51.8 Å². The van der Waals surface area contributed by atoms with Crippen molar-refractivity contribution >= 4 is 0 Å². The lowest BCUT2D eigenvalue weighted by Crippen LogP contribution is -2.69. The van der Waals surface area contributed by atoms with Crippen LogP contribution >= 0.6 is 0 Å². The van der Waals surface area contributed by atoms with Crippen LogP contribution in [-0.2, 0) is 0 Å². The van der Waals surface area contributed by atoms with E-state index in [4.69, 9.17) is 0 Å². The van der Waals surface area contributed by atoms with E-state index >= 15 is 0 Å². The third kappa shape index (κ3) is 3.72. The van der Waals surface area contributed by atoms with E-state index in [1.54, 1.807) is 5.57 Å². The molecule has 4 aliphatic rings. The van der Waals surface area contributed by atoms with Crippen molar-refractivity contribution < 1.29 is 5.11 Å². The molecular weight excluding hydrogens is 402 g/mol. The van der Waals surface area contributed by atoms with Gasteiger partial charge in [-0.25, -0.2) is 0 Å². The van der Waals surface area contributed by atoms with Crippen molar-refractivity contribution in [3.05, 3.63) is 23.8 Å². The topological polar surface area (TPSA) is 32.3 Å². The molecule has 0 aromatic heterocycles. The Morgan fingerprint density at radius 2 is 1.67 bits per heavy atom. The maximum atomic E-state index is 10.8. The van der Waals surface area contributed by atoms with E-state index in [2.05, 4.69) is 85.9 Å². The van der Waals surface area contributed by atoms with E-state index in [-0.39, 0.29) is 22.5 Å². The molecule has 2 nitrogen and oxygen atoms in total. The van der Waals surface area contributed by atoms with Crippen LogP contribution in [0.1, 0.15) is 101 Å². The number of rotatable bonds is 4. The van der Waals surface area contributed by atoms with Gasteiger partial charge in [-0.15, -0.1) is 0 Å². The molecule has 188 valence electrons. The summed E-state index contributed by atoms with van der Waals surface area (Å²) < 4.78 is 0. The average Bonchev–Trinajstić information content (AvgIpc) is 2.74. The Morgan fingerprint density at radius 1 is 0.970 bits per heavy atom. The molecule has 2 N–H and O–H groups in total. The van der Waals surface area contributed by atoms with Gasteiger partial charge >= 0.3 is 0 Å². The maximum absolute atomic E-state index is 10.8. The molecule has 4 rings (SSSR count). The third-order valence-corrected chi connectivity index (χ3v) is 12.1. The predicted octanol–water partition coefficient (Wildman–Crippen LogP) is 7.39. The number of nitrogens with one attached hydrogen (secondary N) is 1. The lowest BCUT2D eigenvalue weighted by molar-refractivity contribution is -0.134. The van der Waals surface area contributed by atoms with Crippen LogP contribution < -0.4 is 5.32 Å². The molecule has 0 radical (unpaired) electrons. The molecule has 1 saturated heterocycles. The highest BCUT2D eigenvalue weighted by Crippen LogP contribution is 2.67. The zero-order valence-corrected chi connectivity index (χ0v) is 23.2. The van der Waals surface area contributed by atoms with Crippen molar-refractivity contribution in [3.63, 3.8) is 0 Å². The molecular formula is C31H53NO. The number of fused-ring (bicyclic) bond motifs is 5. The van der Waals surface area contributed by atoms with E-state index in [9.17, 15) is 5.11 Å². The monoisotopic (exact) mass is 455 g/mol. The van der Waals surface area contributed by atoms with Crippen LogP contribution in [0.3, 0.4) is 0 Å². The van der Waals surface area contributed by atoms with Gasteiger partial charge in [0.2, 0.25) is 0 Å². The Kier molecular flexibility index (Phi) is 6.57. The summed E-state index contributed by atoms with van der Waals surface area (Å²) in [6, 6.07) is 0. The van der Waals surface area contributed by atoms with Gasteiger partial charge in [0.05, 0.1) is 6.10 Å². The number of aliphatic hydroxyl groups is 1. The number of piperidine rings is 1. The van der Waals surface area contributed by atoms with Crippen molar-refractivity contribution in [1.29, 1.82) is 0 Å². The molecule has 2 saturated carbocycles. The van der Waals surface area contributed by atoms with Gasteiger partial charge < -0.3 is 10.4 Å². The highest BCUT2D eigenvalue weighted by molar-refractivity contribution is 5.36. The standard InChI is InChI=1S/C31H53NO/c1-20(2)21(3)10-11-22(4)23-16-19-32-31(9)25-12-13-26-28(5,6)27(33)15-17-29(26,7)24(25)14-18-30(23,31)8/h10-12,20-24,26-27,32-33H,13-19H2,1-9H3/b11-10+/t21-,22+,23+,24-,26-,27-,29+,30+,31-/m0/s1. The molecule has 3 aliphatic carbocycles. The normalized spacial score (nSPS) is 46.8. The predicted molar refractivity (Wildman–Crippen MR) is 141 cm³/mol. The molecule has 33 heavy (non-hydrogen) atoms. The molecule has 1 aliphatic heterocycles. The first-order valence-electron chi connectivity index (χ1n) is 14.1. The van der Waals surface area contributed by atoms with Crippen molar-refractivity contribution in [3.8, 4) is 0 Å². The number of hydrogen-bond donors (Lipinski definition) is 2. The van der Waals surface area contributed by atoms with Crippen LogP contribution in [-0.4, -0.2) is 23.3 Å². The fourth-order valence-electron chi connectivity index (χ4n) is 9.08. The minimum Gasteiger partial charge on any atom is -0.393 e. The first kappa shape index (κ1) is 25.5. The van der Waals surface area contributed by atoms with Crippen molar-refractivity contribution in [2.24, 2.45) is 51.8 Å². The minimum absolute atomic E-state index is 0.00559. The van der Waals surface area contributed by atoms with Crippen LogP contribution in [0.2, 0.25) is 0 Å². The number of hydrogen-bond acceptors (Lipinski definition) is 2. The Morgan fingerprint density at radius 3 is 2.33 bits per heavy atom. The molecule has 0 amide bonds. The summed E-state index contributed by atoms with van der Waals surface area (Å²) in [6.45, 7) is 23.0. The van der Waals surface area contributed by atoms with Crippen LogP contribution in [0.25, 0.3) is 0 Å². The molecule has 3 fully saturated rings. The summed E-state index contributed by atoms with van der Waals surface area (Å²) in [7, 11) is 0. The molecule has 2 heteroatoms. The summed E-state index contributed by atoms with van der Waals surface area (Å²) in [6.07, 6.45) is 14.7. The second-order valence-corrected chi connectivity index (χ2v) is 14.1. The van der Waals surface area contributed by atoms with Gasteiger partial charge in [0.1, 0.15) is 0 Å². The van der Waals surface area contributed by atoms with Crippen LogP contribution in [0.15, 0.2) is 23.8 Å². The summed E-state index contributed by atoms with van der Waals surface area (Å²) in [4.78, 5) is 0. The fraction of sp³-hybridized carbons (Fsp3) is 0.871. The maximum Gasteiger partial charge on any atom is 0.0594 e. The first-order chi connectivity index (χ1) is 15.3. The minimum atomic E-state index is -0.159. The Labute approximate surface area is 205 Å². The molecule has 9 atom stereocenters. The van der Waals surface area contributed by atoms with Crippen LogP contribution in [0.4, 0.5) is 0 Å². The zero-order chi connectivity index (χ0) is 24.4. The summed E-state index contributed by atoms with van der Waals surface area (Å²) in [5, 5.41) is 15.0. The molecule has 0 unspecified atom stereocenters. The van der Waals surface area contributed by atoms with Gasteiger partial charge in [-0.3, -0.25) is 0 Å². The third-order valence-electron chi connectivity index (χ3n) is 12.1. The Hall–Kier alpha value is -0.600. The van der Waals surface area contributed by atoms with Gasteiger partial charge in [-0.05, 0) is 104 Å². The largest absolute Gasteiger partial charge is 0.393 e. The van der Waals surface area contributed by atoms with E-state index in [1.807, 2.05) is 0 Å². The van der Waals surface area contributed by atoms with Gasteiger partial charge in [0, 0.05) is 5.54 Å². The van der Waals surface area contributed by atoms with E-state index in [1.165, 1.54) is 25.7 Å². The van der Waals surface area contributed by atoms with Crippen molar-refractivity contribution in [1.82, 2.24) is 5.32 Å². The molecule has 0 spiro atoms. The summed E-state index contributed by atoms with van der Waals surface area (Å²) in [5.74, 6) is 3.92. The van der Waals surface area contributed by atoms with E-state index in [0.29, 0.717) is 35.0 Å². The van der Waals surface area contributed by atoms with Crippen molar-refractivity contribution in [2.45, 2.75) is 112 Å². The molecule has 1 heterocycles. The molecule has 0 bridgehead atoms. The molecule has 0 aromatic carbocycles. The second-order valence-electron chi connectivity index (χ2n) is 14.1. The lowest BCUT2D eigenvalue weighted by Gasteiger charge is -2.67. The zero-order valence-electron chi connectivity index (χ0n) is 23.2. The molecule has 0 aromatic rings. The average molecular weight is 456 g/mol. The van der Waals surface area contributed by atoms with E-state index < -0.39 is 0 Å². The first-order valence-corrected chi connectivity index (χ1v) is 14.1. The lowest BCUT2D eigenvalue weighted by atomic mass is 9.40. The Bertz CT molecular complexity index is 795. The fourth-order valence-corrected chi connectivity index (χ4v) is 9.08. The van der Waals surface area contributed by atoms with Crippen LogP contribution in [0.5, 0.6) is 0 Å².